The Balaban J connectivity index is 0. The molecule has 1 atom stereocenters. The molecule has 0 heterocycles. The van der Waals surface area contributed by atoms with Gasteiger partial charge in [0.25, 0.3) is 0 Å². The Bertz CT molecular complexity index is 213. The second-order valence-electron chi connectivity index (χ2n) is 5.46. The Hall–Kier alpha value is 1.40. The van der Waals surface area contributed by atoms with Gasteiger partial charge in [0, 0.05) is 0 Å². The van der Waals surface area contributed by atoms with E-state index in [1.54, 1.807) is 0 Å². The van der Waals surface area contributed by atoms with Crippen LogP contribution in [0.2, 0.25) is 0 Å². The molecule has 0 aromatic rings. The number of aliphatic carboxylic acids is 1. The molecule has 114 valence electrons. The Labute approximate surface area is 172 Å². The van der Waals surface area contributed by atoms with Gasteiger partial charge in [-0.1, -0.05) is 84.0 Å². The minimum atomic E-state index is -1.13. The molecule has 0 saturated carbocycles. The predicted molar refractivity (Wildman–Crippen MR) is 80.3 cm³/mol. The number of halogens is 1. The average molecular weight is 329 g/mol. The summed E-state index contributed by atoms with van der Waals surface area (Å²) in [6.07, 6.45) is 15.9. The zero-order chi connectivity index (χ0) is 14.3. The zero-order valence-corrected chi connectivity index (χ0v) is 17.3. The van der Waals surface area contributed by atoms with Gasteiger partial charge in [-0.15, -0.1) is 11.6 Å². The van der Waals surface area contributed by atoms with Crippen molar-refractivity contribution < 1.29 is 61.3 Å². The first kappa shape index (κ1) is 23.7. The van der Waals surface area contributed by atoms with Crippen LogP contribution >= 0.6 is 11.6 Å². The van der Waals surface area contributed by atoms with Crippen LogP contribution in [0.4, 0.5) is 0 Å². The maximum absolute atomic E-state index is 10.4. The van der Waals surface area contributed by atoms with E-state index in [1.807, 2.05) is 0 Å². The summed E-state index contributed by atoms with van der Waals surface area (Å²) in [5, 5.41) is 9.59. The first-order valence-electron chi connectivity index (χ1n) is 8.03. The third-order valence-corrected chi connectivity index (χ3v) is 3.96. The van der Waals surface area contributed by atoms with Crippen molar-refractivity contribution in [2.75, 3.05) is 0 Å². The smallest absolute Gasteiger partial charge is 0.549 e. The SMILES string of the molecule is CCCCCCCCCCCCCCC(Cl)C(=O)[O-].[K+]. The predicted octanol–water partition coefficient (Wildman–Crippen LogP) is 1.44. The Kier molecular flexibility index (Phi) is 21.8. The molecule has 0 spiro atoms. The molecular formula is C16H30ClKO2. The maximum atomic E-state index is 10.4. The van der Waals surface area contributed by atoms with Crippen molar-refractivity contribution >= 4 is 17.6 Å². The number of hydrogen-bond acceptors (Lipinski definition) is 2. The van der Waals surface area contributed by atoms with Crippen LogP contribution in [0.5, 0.6) is 0 Å². The quantitative estimate of drug-likeness (QED) is 0.275. The molecule has 0 saturated heterocycles. The van der Waals surface area contributed by atoms with Crippen molar-refractivity contribution in [3.8, 4) is 0 Å². The maximum Gasteiger partial charge on any atom is 1.00 e. The topological polar surface area (TPSA) is 40.1 Å². The second kappa shape index (κ2) is 18.4. The molecule has 0 aliphatic carbocycles. The summed E-state index contributed by atoms with van der Waals surface area (Å²) in [5.74, 6) is -1.13. The van der Waals surface area contributed by atoms with Crippen LogP contribution in [-0.4, -0.2) is 11.3 Å². The summed E-state index contributed by atoms with van der Waals surface area (Å²) >= 11 is 5.59. The van der Waals surface area contributed by atoms with Gasteiger partial charge in [-0.05, 0) is 6.42 Å². The summed E-state index contributed by atoms with van der Waals surface area (Å²) in [6.45, 7) is 2.25. The fourth-order valence-electron chi connectivity index (χ4n) is 2.28. The zero-order valence-electron chi connectivity index (χ0n) is 13.5. The molecule has 0 aromatic carbocycles. The van der Waals surface area contributed by atoms with E-state index < -0.39 is 11.3 Å². The van der Waals surface area contributed by atoms with Crippen molar-refractivity contribution in [1.82, 2.24) is 0 Å². The molecule has 0 aliphatic heterocycles. The number of hydrogen-bond donors (Lipinski definition) is 0. The van der Waals surface area contributed by atoms with Gasteiger partial charge in [0.1, 0.15) is 0 Å². The van der Waals surface area contributed by atoms with E-state index in [0.29, 0.717) is 6.42 Å². The fraction of sp³-hybridized carbons (Fsp3) is 0.938. The second-order valence-corrected chi connectivity index (χ2v) is 5.99. The molecule has 0 aliphatic rings. The Morgan fingerprint density at radius 1 is 0.850 bits per heavy atom. The first-order chi connectivity index (χ1) is 9.18. The average Bonchev–Trinajstić information content (AvgIpc) is 2.39. The molecule has 0 N–H and O–H groups in total. The molecule has 4 heteroatoms. The monoisotopic (exact) mass is 328 g/mol. The van der Waals surface area contributed by atoms with E-state index in [0.717, 1.165) is 12.8 Å². The van der Waals surface area contributed by atoms with Gasteiger partial charge in [-0.3, -0.25) is 0 Å². The standard InChI is InChI=1S/C16H31ClO2.K/c1-2-3-4-5-6-7-8-9-10-11-12-13-14-15(17)16(18)19;/h15H,2-14H2,1H3,(H,18,19);/q;+1/p-1. The van der Waals surface area contributed by atoms with Gasteiger partial charge in [0.05, 0.1) is 11.3 Å². The van der Waals surface area contributed by atoms with Crippen LogP contribution in [-0.2, 0) is 4.79 Å². The van der Waals surface area contributed by atoms with Crippen molar-refractivity contribution in [2.24, 2.45) is 0 Å². The molecule has 0 fully saturated rings. The largest absolute Gasteiger partial charge is 1.00 e. The molecule has 0 bridgehead atoms. The van der Waals surface area contributed by atoms with Gasteiger partial charge in [0.15, 0.2) is 0 Å². The minimum Gasteiger partial charge on any atom is -0.549 e. The Morgan fingerprint density at radius 3 is 1.55 bits per heavy atom. The number of carboxylic acid groups (broad SMARTS) is 1. The number of rotatable bonds is 14. The van der Waals surface area contributed by atoms with E-state index in [9.17, 15) is 9.90 Å². The molecule has 1 unspecified atom stereocenters. The van der Waals surface area contributed by atoms with Crippen LogP contribution < -0.4 is 56.5 Å². The van der Waals surface area contributed by atoms with Crippen LogP contribution in [0, 0.1) is 0 Å². The summed E-state index contributed by atoms with van der Waals surface area (Å²) in [7, 11) is 0. The van der Waals surface area contributed by atoms with Gasteiger partial charge >= 0.3 is 51.4 Å². The van der Waals surface area contributed by atoms with Crippen molar-refractivity contribution in [2.45, 2.75) is 95.8 Å². The summed E-state index contributed by atoms with van der Waals surface area (Å²) in [4.78, 5) is 10.4. The van der Waals surface area contributed by atoms with Gasteiger partial charge in [0.2, 0.25) is 0 Å². The van der Waals surface area contributed by atoms with Crippen LogP contribution in [0.25, 0.3) is 0 Å². The molecular weight excluding hydrogens is 299 g/mol. The molecule has 20 heavy (non-hydrogen) atoms. The van der Waals surface area contributed by atoms with Crippen LogP contribution in [0.15, 0.2) is 0 Å². The van der Waals surface area contributed by atoms with E-state index >= 15 is 0 Å². The third kappa shape index (κ3) is 17.4. The summed E-state index contributed by atoms with van der Waals surface area (Å²) < 4.78 is 0. The van der Waals surface area contributed by atoms with Crippen molar-refractivity contribution in [1.29, 1.82) is 0 Å². The van der Waals surface area contributed by atoms with Gasteiger partial charge in [-0.25, -0.2) is 0 Å². The van der Waals surface area contributed by atoms with Crippen LogP contribution in [0.3, 0.4) is 0 Å². The molecule has 0 radical (unpaired) electrons. The van der Waals surface area contributed by atoms with Crippen LogP contribution in [0.1, 0.15) is 90.4 Å². The van der Waals surface area contributed by atoms with Gasteiger partial charge < -0.3 is 9.90 Å². The normalized spacial score (nSPS) is 11.9. The number of unbranched alkanes of at least 4 members (excludes halogenated alkanes) is 11. The third-order valence-electron chi connectivity index (χ3n) is 3.57. The first-order valence-corrected chi connectivity index (χ1v) is 8.47. The molecule has 0 amide bonds. The molecule has 0 aromatic heterocycles. The Morgan fingerprint density at radius 2 is 1.20 bits per heavy atom. The molecule has 2 nitrogen and oxygen atoms in total. The number of alkyl halides is 1. The van der Waals surface area contributed by atoms with Gasteiger partial charge in [-0.2, -0.15) is 0 Å². The van der Waals surface area contributed by atoms with E-state index in [4.69, 9.17) is 11.6 Å². The number of carbonyl (C=O) groups excluding carboxylic acids is 1. The van der Waals surface area contributed by atoms with E-state index in [2.05, 4.69) is 6.92 Å². The van der Waals surface area contributed by atoms with Crippen molar-refractivity contribution in [3.05, 3.63) is 0 Å². The number of carbonyl (C=O) groups is 1. The van der Waals surface area contributed by atoms with E-state index in [1.165, 1.54) is 64.2 Å². The molecule has 0 rings (SSSR count). The van der Waals surface area contributed by atoms with Crippen molar-refractivity contribution in [3.63, 3.8) is 0 Å². The minimum absolute atomic E-state index is 0. The summed E-state index contributed by atoms with van der Waals surface area (Å²) in [6, 6.07) is 0. The summed E-state index contributed by atoms with van der Waals surface area (Å²) in [5.41, 5.74) is 0. The fourth-order valence-corrected chi connectivity index (χ4v) is 2.44. The number of carboxylic acids is 1. The van der Waals surface area contributed by atoms with E-state index in [-0.39, 0.29) is 51.4 Å².